The van der Waals surface area contributed by atoms with Gasteiger partial charge in [-0.15, -0.1) is 0 Å². The van der Waals surface area contributed by atoms with E-state index >= 15 is 0 Å². The van der Waals surface area contributed by atoms with Gasteiger partial charge >= 0.3 is 6.61 Å². The maximum Gasteiger partial charge on any atom is 0.387 e. The molecule has 2 aromatic carbocycles. The van der Waals surface area contributed by atoms with Gasteiger partial charge in [0.15, 0.2) is 5.82 Å². The third-order valence-electron chi connectivity index (χ3n) is 7.10. The van der Waals surface area contributed by atoms with Crippen molar-refractivity contribution in [3.05, 3.63) is 71.6 Å². The SMILES string of the molecule is CC[C@H](O)c1ncc(-c2ccc3nc4n(c3c2)[C@@H]2C[C@H]4N(C)C(=O)c3cccc(OC(F)F)c32)cn1. The molecule has 2 aliphatic rings. The Morgan fingerprint density at radius 3 is 2.64 bits per heavy atom. The average Bonchev–Trinajstić information content (AvgIpc) is 3.41. The van der Waals surface area contributed by atoms with E-state index in [1.807, 2.05) is 29.7 Å². The van der Waals surface area contributed by atoms with Gasteiger partial charge in [-0.25, -0.2) is 15.0 Å². The van der Waals surface area contributed by atoms with Gasteiger partial charge in [-0.2, -0.15) is 8.78 Å². The van der Waals surface area contributed by atoms with Crippen LogP contribution in [0.5, 0.6) is 5.75 Å². The molecule has 0 saturated heterocycles. The lowest BCUT2D eigenvalue weighted by molar-refractivity contribution is -0.0507. The number of hydrogen-bond donors (Lipinski definition) is 1. The molecule has 2 aliphatic heterocycles. The maximum atomic E-state index is 13.3. The highest BCUT2D eigenvalue weighted by atomic mass is 19.3. The Balaban J connectivity index is 1.51. The molecule has 2 bridgehead atoms. The van der Waals surface area contributed by atoms with E-state index in [1.54, 1.807) is 36.5 Å². The van der Waals surface area contributed by atoms with Crippen molar-refractivity contribution < 1.29 is 23.4 Å². The van der Waals surface area contributed by atoms with Gasteiger partial charge in [-0.1, -0.05) is 19.1 Å². The first-order chi connectivity index (χ1) is 17.4. The number of fused-ring (bicyclic) bond motifs is 9. The third-order valence-corrected chi connectivity index (χ3v) is 7.10. The molecule has 6 rings (SSSR count). The lowest BCUT2D eigenvalue weighted by Crippen LogP contribution is -2.30. The quantitative estimate of drug-likeness (QED) is 0.437. The fourth-order valence-corrected chi connectivity index (χ4v) is 5.30. The minimum atomic E-state index is -3.01. The lowest BCUT2D eigenvalue weighted by atomic mass is 9.97. The smallest absolute Gasteiger partial charge is 0.387 e. The summed E-state index contributed by atoms with van der Waals surface area (Å²) in [7, 11) is 1.71. The van der Waals surface area contributed by atoms with E-state index in [4.69, 9.17) is 9.72 Å². The van der Waals surface area contributed by atoms with E-state index in [0.717, 1.165) is 22.2 Å². The number of nitrogens with zero attached hydrogens (tertiary/aromatic N) is 5. The van der Waals surface area contributed by atoms with Crippen molar-refractivity contribution in [3.8, 4) is 16.9 Å². The van der Waals surface area contributed by atoms with E-state index in [9.17, 15) is 18.7 Å². The van der Waals surface area contributed by atoms with Crippen LogP contribution in [0.15, 0.2) is 48.8 Å². The van der Waals surface area contributed by atoms with Crippen LogP contribution in [-0.2, 0) is 0 Å². The highest BCUT2D eigenvalue weighted by Crippen LogP contribution is 2.50. The highest BCUT2D eigenvalue weighted by Gasteiger charge is 2.45. The molecule has 0 unspecified atom stereocenters. The summed E-state index contributed by atoms with van der Waals surface area (Å²) in [6.07, 6.45) is 3.65. The van der Waals surface area contributed by atoms with Crippen molar-refractivity contribution in [1.29, 1.82) is 0 Å². The number of alkyl halides is 2. The van der Waals surface area contributed by atoms with E-state index in [-0.39, 0.29) is 17.7 Å². The predicted molar refractivity (Wildman–Crippen MR) is 127 cm³/mol. The van der Waals surface area contributed by atoms with Crippen LogP contribution in [0.1, 0.15) is 65.5 Å². The molecule has 0 aliphatic carbocycles. The molecule has 4 heterocycles. The normalized spacial score (nSPS) is 19.4. The predicted octanol–water partition coefficient (Wildman–Crippen LogP) is 4.66. The standard InChI is InChI=1S/C26H23F2N5O3/c1-3-20(34)23-29-11-14(12-30-23)13-7-8-16-17(9-13)33-18-10-19(24(33)31-16)32(2)25(35)15-5-4-6-21(22(15)18)36-26(27)28/h4-9,11-12,18-20,26,34H,3,10H2,1-2H3/t18-,19-,20+/m1/s1. The van der Waals surface area contributed by atoms with Gasteiger partial charge in [0.25, 0.3) is 5.91 Å². The number of rotatable bonds is 5. The second-order valence-corrected chi connectivity index (χ2v) is 9.08. The van der Waals surface area contributed by atoms with Crippen molar-refractivity contribution in [2.75, 3.05) is 7.05 Å². The van der Waals surface area contributed by atoms with Gasteiger partial charge in [-0.05, 0) is 36.2 Å². The Labute approximate surface area is 205 Å². The zero-order valence-electron chi connectivity index (χ0n) is 19.6. The monoisotopic (exact) mass is 491 g/mol. The molecule has 1 N–H and O–H groups in total. The van der Waals surface area contributed by atoms with Crippen LogP contribution in [0.25, 0.3) is 22.2 Å². The van der Waals surface area contributed by atoms with Gasteiger partial charge in [-0.3, -0.25) is 4.79 Å². The molecular formula is C26H23F2N5O3. The zero-order valence-corrected chi connectivity index (χ0v) is 19.6. The van der Waals surface area contributed by atoms with Gasteiger partial charge in [0.05, 0.1) is 23.1 Å². The Morgan fingerprint density at radius 1 is 1.14 bits per heavy atom. The molecule has 0 fully saturated rings. The molecule has 36 heavy (non-hydrogen) atoms. The minimum absolute atomic E-state index is 0.000717. The van der Waals surface area contributed by atoms with Crippen LogP contribution < -0.4 is 4.74 Å². The van der Waals surface area contributed by atoms with Crippen molar-refractivity contribution in [3.63, 3.8) is 0 Å². The van der Waals surface area contributed by atoms with E-state index in [2.05, 4.69) is 9.97 Å². The second-order valence-electron chi connectivity index (χ2n) is 9.08. The molecule has 0 radical (unpaired) electrons. The van der Waals surface area contributed by atoms with E-state index < -0.39 is 18.8 Å². The molecule has 184 valence electrons. The molecule has 8 nitrogen and oxygen atoms in total. The Bertz CT molecular complexity index is 1490. The second kappa shape index (κ2) is 8.34. The largest absolute Gasteiger partial charge is 0.434 e. The fraction of sp³-hybridized carbons (Fsp3) is 0.308. The molecule has 0 spiro atoms. The summed E-state index contributed by atoms with van der Waals surface area (Å²) in [6, 6.07) is 9.76. The van der Waals surface area contributed by atoms with Crippen molar-refractivity contribution in [2.45, 2.75) is 44.6 Å². The number of aromatic nitrogens is 4. The van der Waals surface area contributed by atoms with E-state index in [0.29, 0.717) is 35.6 Å². The number of carbonyl (C=O) groups excluding carboxylic acids is 1. The van der Waals surface area contributed by atoms with Crippen LogP contribution in [0.4, 0.5) is 8.78 Å². The van der Waals surface area contributed by atoms with Gasteiger partial charge in [0, 0.05) is 42.6 Å². The number of carbonyl (C=O) groups is 1. The molecular weight excluding hydrogens is 468 g/mol. The van der Waals surface area contributed by atoms with Gasteiger partial charge < -0.3 is 19.3 Å². The average molecular weight is 491 g/mol. The molecule has 2 aromatic heterocycles. The topological polar surface area (TPSA) is 93.4 Å². The fourth-order valence-electron chi connectivity index (χ4n) is 5.30. The minimum Gasteiger partial charge on any atom is -0.434 e. The van der Waals surface area contributed by atoms with Crippen LogP contribution in [0.2, 0.25) is 0 Å². The summed E-state index contributed by atoms with van der Waals surface area (Å²) in [4.78, 5) is 28.3. The molecule has 3 atom stereocenters. The highest BCUT2D eigenvalue weighted by molar-refractivity contribution is 5.98. The number of ether oxygens (including phenoxy) is 1. The van der Waals surface area contributed by atoms with Crippen LogP contribution in [0.3, 0.4) is 0 Å². The molecule has 0 saturated carbocycles. The lowest BCUT2D eigenvalue weighted by Gasteiger charge is -2.24. The maximum absolute atomic E-state index is 13.3. The number of halogens is 2. The number of amides is 1. The van der Waals surface area contributed by atoms with Crippen LogP contribution in [0, 0.1) is 0 Å². The van der Waals surface area contributed by atoms with Crippen molar-refractivity contribution >= 4 is 16.9 Å². The summed E-state index contributed by atoms with van der Waals surface area (Å²) < 4.78 is 33.4. The Kier molecular flexibility index (Phi) is 5.22. The first-order valence-electron chi connectivity index (χ1n) is 11.7. The summed E-state index contributed by atoms with van der Waals surface area (Å²) in [5.74, 6) is 0.827. The zero-order chi connectivity index (χ0) is 25.1. The molecule has 1 amide bonds. The first-order valence-corrected chi connectivity index (χ1v) is 11.7. The number of hydrogen-bond acceptors (Lipinski definition) is 6. The third kappa shape index (κ3) is 3.35. The van der Waals surface area contributed by atoms with Gasteiger partial charge in [0.1, 0.15) is 17.7 Å². The van der Waals surface area contributed by atoms with Crippen molar-refractivity contribution in [2.24, 2.45) is 0 Å². The first kappa shape index (κ1) is 22.5. The number of imidazole rings is 1. The van der Waals surface area contributed by atoms with Crippen LogP contribution in [-0.4, -0.2) is 49.1 Å². The van der Waals surface area contributed by atoms with Gasteiger partial charge in [0.2, 0.25) is 0 Å². The molecule has 10 heteroatoms. The number of aliphatic hydroxyl groups excluding tert-OH is 1. The summed E-state index contributed by atoms with van der Waals surface area (Å²) in [5.41, 5.74) is 3.97. The summed E-state index contributed by atoms with van der Waals surface area (Å²) in [5, 5.41) is 10.00. The van der Waals surface area contributed by atoms with E-state index in [1.165, 1.54) is 6.07 Å². The summed E-state index contributed by atoms with van der Waals surface area (Å²) in [6.45, 7) is -1.15. The van der Waals surface area contributed by atoms with Crippen LogP contribution >= 0.6 is 0 Å². The number of benzene rings is 2. The van der Waals surface area contributed by atoms with Crippen molar-refractivity contribution in [1.82, 2.24) is 24.4 Å². The number of aliphatic hydroxyl groups is 1. The Hall–Kier alpha value is -3.92. The summed E-state index contributed by atoms with van der Waals surface area (Å²) >= 11 is 0. The Morgan fingerprint density at radius 2 is 1.92 bits per heavy atom. The molecule has 4 aromatic rings.